The quantitative estimate of drug-likeness (QED) is 0.0550. The molecule has 0 rings (SSSR count). The summed E-state index contributed by atoms with van der Waals surface area (Å²) in [5.74, 6) is -8.61. The molecule has 234 valence electrons. The van der Waals surface area contributed by atoms with Gasteiger partial charge in [0, 0.05) is 5.41 Å². The van der Waals surface area contributed by atoms with Crippen molar-refractivity contribution in [3.63, 3.8) is 0 Å². The summed E-state index contributed by atoms with van der Waals surface area (Å²) >= 11 is 0. The molecule has 8 nitrogen and oxygen atoms in total. The van der Waals surface area contributed by atoms with E-state index in [9.17, 15) is 39.6 Å². The molecule has 0 bridgehead atoms. The average Bonchev–Trinajstić information content (AvgIpc) is 2.88. The highest BCUT2D eigenvalue weighted by Crippen LogP contribution is 2.43. The highest BCUT2D eigenvalue weighted by Gasteiger charge is 2.57. The maximum absolute atomic E-state index is 14.2. The summed E-state index contributed by atoms with van der Waals surface area (Å²) in [5.41, 5.74) is -4.32. The zero-order chi connectivity index (χ0) is 30.4. The van der Waals surface area contributed by atoms with Gasteiger partial charge in [-0.25, -0.2) is 4.79 Å². The normalized spacial score (nSPS) is 14.0. The number of carboxylic acid groups (broad SMARTS) is 3. The highest BCUT2D eigenvalue weighted by atomic mass is 16.4. The van der Waals surface area contributed by atoms with Crippen LogP contribution in [0.1, 0.15) is 162 Å². The Kier molecular flexibility index (Phi) is 20.7. The number of ketones is 1. The van der Waals surface area contributed by atoms with Crippen molar-refractivity contribution in [1.29, 1.82) is 0 Å². The Morgan fingerprint density at radius 1 is 0.550 bits per heavy atom. The molecule has 2 unspecified atom stereocenters. The van der Waals surface area contributed by atoms with Gasteiger partial charge in [-0.2, -0.15) is 0 Å². The molecule has 40 heavy (non-hydrogen) atoms. The van der Waals surface area contributed by atoms with E-state index in [1.165, 1.54) is 0 Å². The lowest BCUT2D eigenvalue weighted by Crippen LogP contribution is -2.57. The van der Waals surface area contributed by atoms with E-state index in [0.717, 1.165) is 96.3 Å². The lowest BCUT2D eigenvalue weighted by molar-refractivity contribution is -0.183. The number of aliphatic carboxylic acids is 3. The van der Waals surface area contributed by atoms with Gasteiger partial charge in [0.25, 0.3) is 0 Å². The van der Waals surface area contributed by atoms with E-state index < -0.39 is 47.0 Å². The minimum atomic E-state index is -3.22. The topological polar surface area (TPSA) is 149 Å². The number of carboxylic acids is 3. The lowest BCUT2D eigenvalue weighted by atomic mass is 9.64. The molecule has 0 aliphatic carbocycles. The average molecular weight is 571 g/mol. The van der Waals surface area contributed by atoms with Crippen LogP contribution in [0, 0.1) is 11.3 Å². The molecule has 0 radical (unpaired) electrons. The Hall–Kier alpha value is -1.96. The van der Waals surface area contributed by atoms with Gasteiger partial charge in [0.15, 0.2) is 17.3 Å². The number of unbranched alkanes of at least 4 members (excludes halogenated alkanes) is 15. The minimum Gasteiger partial charge on any atom is -0.481 e. The molecule has 0 aromatic carbocycles. The second-order valence-corrected chi connectivity index (χ2v) is 11.8. The van der Waals surface area contributed by atoms with Crippen LogP contribution in [0.3, 0.4) is 0 Å². The summed E-state index contributed by atoms with van der Waals surface area (Å²) in [4.78, 5) is 50.2. The monoisotopic (exact) mass is 570 g/mol. The van der Waals surface area contributed by atoms with E-state index >= 15 is 0 Å². The third-order valence-electron chi connectivity index (χ3n) is 8.33. The number of rotatable bonds is 28. The van der Waals surface area contributed by atoms with Crippen LogP contribution in [0.4, 0.5) is 0 Å². The summed E-state index contributed by atoms with van der Waals surface area (Å²) < 4.78 is 0. The maximum Gasteiger partial charge on any atom is 0.337 e. The molecule has 2 atom stereocenters. The first-order valence-corrected chi connectivity index (χ1v) is 16.0. The fraction of sp³-hybridized carbons (Fsp3) is 0.875. The van der Waals surface area contributed by atoms with Gasteiger partial charge in [-0.05, 0) is 19.3 Å². The van der Waals surface area contributed by atoms with Gasteiger partial charge in [-0.1, -0.05) is 136 Å². The zero-order valence-corrected chi connectivity index (χ0v) is 25.6. The van der Waals surface area contributed by atoms with Gasteiger partial charge >= 0.3 is 17.9 Å². The first-order chi connectivity index (χ1) is 19.0. The Labute approximate surface area is 242 Å². The number of carbonyl (C=O) groups excluding carboxylic acids is 1. The molecule has 0 amide bonds. The van der Waals surface area contributed by atoms with Gasteiger partial charge in [-0.3, -0.25) is 14.4 Å². The molecule has 0 aromatic rings. The molecule has 4 N–H and O–H groups in total. The van der Waals surface area contributed by atoms with Gasteiger partial charge in [0.05, 0.1) is 6.42 Å². The van der Waals surface area contributed by atoms with E-state index in [1.54, 1.807) is 0 Å². The van der Waals surface area contributed by atoms with Crippen molar-refractivity contribution >= 4 is 23.7 Å². The van der Waals surface area contributed by atoms with Crippen LogP contribution >= 0.6 is 0 Å². The predicted molar refractivity (Wildman–Crippen MR) is 157 cm³/mol. The molecule has 0 aliphatic rings. The number of hydrogen-bond acceptors (Lipinski definition) is 5. The number of hydrogen-bond donors (Lipinski definition) is 4. The van der Waals surface area contributed by atoms with E-state index in [-0.39, 0.29) is 0 Å². The largest absolute Gasteiger partial charge is 0.481 e. The molecule has 0 saturated carbocycles. The Morgan fingerprint density at radius 3 is 1.15 bits per heavy atom. The zero-order valence-electron chi connectivity index (χ0n) is 25.6. The smallest absolute Gasteiger partial charge is 0.337 e. The standard InChI is InChI=1S/C32H58O8/c1-4-7-10-13-16-19-22-31(23-20-17-14-11-8-5-2,24-21-18-15-12-9-6-3)28(35)27(29(36)37)32(40,30(38)39)25-26(33)34/h27,40H,4-25H2,1-3H3,(H,33,34)(H,36,37)(H,38,39). The van der Waals surface area contributed by atoms with Crippen LogP contribution in [0.25, 0.3) is 0 Å². The molecule has 0 saturated heterocycles. The third-order valence-corrected chi connectivity index (χ3v) is 8.33. The Morgan fingerprint density at radius 2 is 0.875 bits per heavy atom. The van der Waals surface area contributed by atoms with Crippen molar-refractivity contribution in [2.45, 2.75) is 168 Å². The molecule has 0 aliphatic heterocycles. The fourth-order valence-electron chi connectivity index (χ4n) is 5.85. The Bertz CT molecular complexity index is 694. The maximum atomic E-state index is 14.2. The number of aliphatic hydroxyl groups is 1. The van der Waals surface area contributed by atoms with Crippen LogP contribution in [-0.2, 0) is 19.2 Å². The Balaban J connectivity index is 6.24. The molecule has 0 fully saturated rings. The van der Waals surface area contributed by atoms with Crippen molar-refractivity contribution in [2.24, 2.45) is 11.3 Å². The second-order valence-electron chi connectivity index (χ2n) is 11.8. The number of Topliss-reactive ketones (excluding diaryl/α,β-unsaturated/α-hetero) is 1. The molecule has 0 aromatic heterocycles. The second kappa shape index (κ2) is 21.7. The molecule has 0 spiro atoms. The SMILES string of the molecule is CCCCCCCCC(CCCCCCCC)(CCCCCCCC)C(=O)C(C(=O)O)C(O)(CC(=O)O)C(=O)O. The first kappa shape index (κ1) is 38.0. The van der Waals surface area contributed by atoms with Crippen molar-refractivity contribution < 1.29 is 39.6 Å². The summed E-state index contributed by atoms with van der Waals surface area (Å²) in [5, 5.41) is 40.1. The van der Waals surface area contributed by atoms with E-state index in [1.807, 2.05) is 0 Å². The predicted octanol–water partition coefficient (Wildman–Crippen LogP) is 7.78. The van der Waals surface area contributed by atoms with Crippen LogP contribution in [-0.4, -0.2) is 49.7 Å². The summed E-state index contributed by atoms with van der Waals surface area (Å²) in [6, 6.07) is 0. The van der Waals surface area contributed by atoms with Crippen LogP contribution < -0.4 is 0 Å². The molecule has 0 heterocycles. The summed E-state index contributed by atoms with van der Waals surface area (Å²) in [7, 11) is 0. The summed E-state index contributed by atoms with van der Waals surface area (Å²) in [6.45, 7) is 6.41. The fourth-order valence-corrected chi connectivity index (χ4v) is 5.85. The lowest BCUT2D eigenvalue weighted by Gasteiger charge is -2.38. The van der Waals surface area contributed by atoms with Crippen LogP contribution in [0.2, 0.25) is 0 Å². The van der Waals surface area contributed by atoms with Crippen molar-refractivity contribution in [2.75, 3.05) is 0 Å². The molecular formula is C32H58O8. The summed E-state index contributed by atoms with van der Waals surface area (Å²) in [6.07, 6.45) is 17.7. The third kappa shape index (κ3) is 14.1. The van der Waals surface area contributed by atoms with Crippen molar-refractivity contribution in [1.82, 2.24) is 0 Å². The number of carbonyl (C=O) groups is 4. The van der Waals surface area contributed by atoms with E-state index in [2.05, 4.69) is 20.8 Å². The molecular weight excluding hydrogens is 512 g/mol. The van der Waals surface area contributed by atoms with Gasteiger partial charge in [0.1, 0.15) is 0 Å². The van der Waals surface area contributed by atoms with Crippen molar-refractivity contribution in [3.8, 4) is 0 Å². The first-order valence-electron chi connectivity index (χ1n) is 16.0. The van der Waals surface area contributed by atoms with Crippen LogP contribution in [0.15, 0.2) is 0 Å². The van der Waals surface area contributed by atoms with Gasteiger partial charge in [-0.15, -0.1) is 0 Å². The highest BCUT2D eigenvalue weighted by molar-refractivity contribution is 6.07. The van der Waals surface area contributed by atoms with Crippen molar-refractivity contribution in [3.05, 3.63) is 0 Å². The molecule has 8 heteroatoms. The van der Waals surface area contributed by atoms with Gasteiger partial charge < -0.3 is 20.4 Å². The van der Waals surface area contributed by atoms with Gasteiger partial charge in [0.2, 0.25) is 0 Å². The van der Waals surface area contributed by atoms with Crippen LogP contribution in [0.5, 0.6) is 0 Å². The minimum absolute atomic E-state index is 0.425. The van der Waals surface area contributed by atoms with E-state index in [4.69, 9.17) is 0 Å². The van der Waals surface area contributed by atoms with E-state index in [0.29, 0.717) is 38.5 Å².